The molecule has 2 N–H and O–H groups in total. The molecule has 0 saturated heterocycles. The number of nitrogens with one attached hydrogen (secondary N) is 2. The minimum absolute atomic E-state index is 0.156. The molecule has 0 saturated carbocycles. The molecular weight excluding hydrogens is 272 g/mol. The first-order valence-corrected chi connectivity index (χ1v) is 6.99. The molecule has 2 unspecified atom stereocenters. The summed E-state index contributed by atoms with van der Waals surface area (Å²) in [5, 5.41) is 9.74. The van der Waals surface area contributed by atoms with Gasteiger partial charge in [0, 0.05) is 25.4 Å². The molecule has 118 valence electrons. The lowest BCUT2D eigenvalue weighted by Crippen LogP contribution is -2.39. The van der Waals surface area contributed by atoms with Gasteiger partial charge in [0.15, 0.2) is 0 Å². The van der Waals surface area contributed by atoms with Gasteiger partial charge >= 0.3 is 5.97 Å². The van der Waals surface area contributed by atoms with Crippen molar-refractivity contribution in [3.63, 3.8) is 0 Å². The van der Waals surface area contributed by atoms with Crippen molar-refractivity contribution in [3.05, 3.63) is 18.0 Å². The summed E-state index contributed by atoms with van der Waals surface area (Å²) in [4.78, 5) is 23.8. The molecule has 7 heteroatoms. The fourth-order valence-electron chi connectivity index (χ4n) is 1.83. The maximum atomic E-state index is 12.2. The first-order chi connectivity index (χ1) is 9.85. The fraction of sp³-hybridized carbons (Fsp3) is 0.643. The molecule has 1 heterocycles. The monoisotopic (exact) mass is 296 g/mol. The fourth-order valence-corrected chi connectivity index (χ4v) is 1.83. The van der Waals surface area contributed by atoms with Crippen LogP contribution >= 0.6 is 0 Å². The molecule has 0 aliphatic heterocycles. The van der Waals surface area contributed by atoms with Gasteiger partial charge in [-0.15, -0.1) is 0 Å². The number of amides is 1. The van der Waals surface area contributed by atoms with Gasteiger partial charge in [0.1, 0.15) is 6.04 Å². The molecule has 1 amide bonds. The Bertz CT molecular complexity index is 484. The Morgan fingerprint density at radius 2 is 2.05 bits per heavy atom. The minimum atomic E-state index is -0.494. The Balaban J connectivity index is 2.53. The van der Waals surface area contributed by atoms with Crippen molar-refractivity contribution in [2.75, 3.05) is 13.6 Å². The third-order valence-electron chi connectivity index (χ3n) is 2.95. The highest BCUT2D eigenvalue weighted by molar-refractivity contribution is 5.83. The van der Waals surface area contributed by atoms with E-state index in [-0.39, 0.29) is 30.4 Å². The zero-order chi connectivity index (χ0) is 16.0. The zero-order valence-electron chi connectivity index (χ0n) is 13.2. The standard InChI is InChI=1S/C14H24N4O3/c1-9(2)21-14(20)10(3)6-16-13(19)12(15-4)11-7-17-18(5)8-11/h7-10,12,15H,6H2,1-5H3,(H,16,19). The third-order valence-corrected chi connectivity index (χ3v) is 2.95. The van der Waals surface area contributed by atoms with Crippen molar-refractivity contribution in [2.45, 2.75) is 32.9 Å². The summed E-state index contributed by atoms with van der Waals surface area (Å²) in [6, 6.07) is -0.494. The van der Waals surface area contributed by atoms with Gasteiger partial charge in [-0.3, -0.25) is 14.3 Å². The second-order valence-electron chi connectivity index (χ2n) is 5.30. The van der Waals surface area contributed by atoms with E-state index in [4.69, 9.17) is 4.74 Å². The molecule has 0 fully saturated rings. The number of nitrogens with zero attached hydrogens (tertiary/aromatic N) is 2. The van der Waals surface area contributed by atoms with Gasteiger partial charge in [0.05, 0.1) is 18.2 Å². The van der Waals surface area contributed by atoms with Crippen LogP contribution in [0.1, 0.15) is 32.4 Å². The van der Waals surface area contributed by atoms with Gasteiger partial charge in [-0.05, 0) is 20.9 Å². The third kappa shape index (κ3) is 5.18. The SMILES string of the molecule is CNC(C(=O)NCC(C)C(=O)OC(C)C)c1cnn(C)c1. The summed E-state index contributed by atoms with van der Waals surface area (Å²) in [7, 11) is 3.49. The highest BCUT2D eigenvalue weighted by atomic mass is 16.5. The molecular formula is C14H24N4O3. The second-order valence-corrected chi connectivity index (χ2v) is 5.30. The van der Waals surface area contributed by atoms with E-state index < -0.39 is 6.04 Å². The number of hydrogen-bond donors (Lipinski definition) is 2. The van der Waals surface area contributed by atoms with Gasteiger partial charge in [-0.25, -0.2) is 0 Å². The Morgan fingerprint density at radius 1 is 1.38 bits per heavy atom. The van der Waals surface area contributed by atoms with Crippen LogP contribution in [0.15, 0.2) is 12.4 Å². The lowest BCUT2D eigenvalue weighted by molar-refractivity contribution is -0.151. The minimum Gasteiger partial charge on any atom is -0.463 e. The van der Waals surface area contributed by atoms with Crippen LogP contribution in [0.4, 0.5) is 0 Å². The number of likely N-dealkylation sites (N-methyl/N-ethyl adjacent to an activating group) is 1. The number of carbonyl (C=O) groups excluding carboxylic acids is 2. The van der Waals surface area contributed by atoms with Crippen LogP contribution in [0.25, 0.3) is 0 Å². The number of hydrogen-bond acceptors (Lipinski definition) is 5. The summed E-state index contributed by atoms with van der Waals surface area (Å²) < 4.78 is 6.73. The molecule has 1 aromatic rings. The van der Waals surface area contributed by atoms with Crippen molar-refractivity contribution in [1.29, 1.82) is 0 Å². The van der Waals surface area contributed by atoms with E-state index in [0.29, 0.717) is 0 Å². The largest absolute Gasteiger partial charge is 0.463 e. The van der Waals surface area contributed by atoms with Crippen LogP contribution in [0.2, 0.25) is 0 Å². The second kappa shape index (κ2) is 7.78. The maximum absolute atomic E-state index is 12.2. The van der Waals surface area contributed by atoms with Crippen LogP contribution in [0.3, 0.4) is 0 Å². The molecule has 7 nitrogen and oxygen atoms in total. The summed E-state index contributed by atoms with van der Waals surface area (Å²) in [5.41, 5.74) is 0.773. The highest BCUT2D eigenvalue weighted by Gasteiger charge is 2.22. The van der Waals surface area contributed by atoms with Crippen molar-refractivity contribution < 1.29 is 14.3 Å². The lowest BCUT2D eigenvalue weighted by Gasteiger charge is -2.17. The molecule has 21 heavy (non-hydrogen) atoms. The lowest BCUT2D eigenvalue weighted by atomic mass is 10.1. The van der Waals surface area contributed by atoms with E-state index in [9.17, 15) is 9.59 Å². The van der Waals surface area contributed by atoms with Crippen LogP contribution in [0, 0.1) is 5.92 Å². The molecule has 1 rings (SSSR count). The van der Waals surface area contributed by atoms with Crippen LogP contribution < -0.4 is 10.6 Å². The molecule has 0 aromatic carbocycles. The summed E-state index contributed by atoms with van der Waals surface area (Å²) in [5.74, 6) is -0.898. The average Bonchev–Trinajstić information content (AvgIpc) is 2.82. The molecule has 1 aromatic heterocycles. The number of carbonyl (C=O) groups is 2. The molecule has 0 bridgehead atoms. The predicted molar refractivity (Wildman–Crippen MR) is 78.4 cm³/mol. The van der Waals surface area contributed by atoms with Gasteiger partial charge in [-0.1, -0.05) is 6.92 Å². The van der Waals surface area contributed by atoms with E-state index in [2.05, 4.69) is 15.7 Å². The van der Waals surface area contributed by atoms with Gasteiger partial charge < -0.3 is 15.4 Å². The average molecular weight is 296 g/mol. The van der Waals surface area contributed by atoms with Gasteiger partial charge in [0.2, 0.25) is 5.91 Å². The Morgan fingerprint density at radius 3 is 2.52 bits per heavy atom. The molecule has 0 aliphatic rings. The quantitative estimate of drug-likeness (QED) is 0.711. The van der Waals surface area contributed by atoms with Crippen LogP contribution in [-0.2, 0) is 21.4 Å². The van der Waals surface area contributed by atoms with E-state index in [0.717, 1.165) is 5.56 Å². The van der Waals surface area contributed by atoms with E-state index in [1.54, 1.807) is 51.9 Å². The zero-order valence-corrected chi connectivity index (χ0v) is 13.2. The number of ether oxygens (including phenoxy) is 1. The Kier molecular flexibility index (Phi) is 6.36. The first-order valence-electron chi connectivity index (χ1n) is 6.99. The number of esters is 1. The van der Waals surface area contributed by atoms with E-state index in [1.165, 1.54) is 0 Å². The Hall–Kier alpha value is -1.89. The van der Waals surface area contributed by atoms with Gasteiger partial charge in [-0.2, -0.15) is 5.10 Å². The summed E-state index contributed by atoms with van der Waals surface area (Å²) in [6.07, 6.45) is 3.25. The molecule has 0 radical (unpaired) electrons. The number of rotatable bonds is 7. The number of aryl methyl sites for hydroxylation is 1. The topological polar surface area (TPSA) is 85.2 Å². The molecule has 0 spiro atoms. The summed E-state index contributed by atoms with van der Waals surface area (Å²) >= 11 is 0. The van der Waals surface area contributed by atoms with Crippen LogP contribution in [0.5, 0.6) is 0 Å². The predicted octanol–water partition coefficient (Wildman–Crippen LogP) is 0.385. The van der Waals surface area contributed by atoms with Crippen molar-refractivity contribution >= 4 is 11.9 Å². The van der Waals surface area contributed by atoms with Gasteiger partial charge in [0.25, 0.3) is 0 Å². The first kappa shape index (κ1) is 17.2. The highest BCUT2D eigenvalue weighted by Crippen LogP contribution is 2.11. The van der Waals surface area contributed by atoms with E-state index in [1.807, 2.05) is 0 Å². The van der Waals surface area contributed by atoms with Crippen molar-refractivity contribution in [3.8, 4) is 0 Å². The van der Waals surface area contributed by atoms with Crippen molar-refractivity contribution in [2.24, 2.45) is 13.0 Å². The normalized spacial score (nSPS) is 13.8. The molecule has 0 aliphatic carbocycles. The van der Waals surface area contributed by atoms with Crippen LogP contribution in [-0.4, -0.2) is 41.4 Å². The van der Waals surface area contributed by atoms with E-state index >= 15 is 0 Å². The van der Waals surface area contributed by atoms with Crippen molar-refractivity contribution in [1.82, 2.24) is 20.4 Å². The maximum Gasteiger partial charge on any atom is 0.310 e. The Labute approximate surface area is 125 Å². The number of aromatic nitrogens is 2. The molecule has 2 atom stereocenters. The summed E-state index contributed by atoms with van der Waals surface area (Å²) in [6.45, 7) is 5.55. The smallest absolute Gasteiger partial charge is 0.310 e.